The minimum atomic E-state index is -3.93. The van der Waals surface area contributed by atoms with Crippen LogP contribution in [0, 0.1) is 12.7 Å². The van der Waals surface area contributed by atoms with Gasteiger partial charge in [0.2, 0.25) is 0 Å². The zero-order chi connectivity index (χ0) is 15.8. The van der Waals surface area contributed by atoms with Crippen molar-refractivity contribution in [3.63, 3.8) is 0 Å². The molecule has 0 aliphatic rings. The quantitative estimate of drug-likeness (QED) is 0.569. The van der Waals surface area contributed by atoms with Crippen LogP contribution in [0.2, 0.25) is 10.0 Å². The van der Waals surface area contributed by atoms with Crippen molar-refractivity contribution in [2.45, 2.75) is 11.8 Å². The fraction of sp³-hybridized carbons (Fsp3) is 0.0769. The Labute approximate surface area is 140 Å². The van der Waals surface area contributed by atoms with Gasteiger partial charge in [0.1, 0.15) is 5.69 Å². The van der Waals surface area contributed by atoms with Gasteiger partial charge in [-0.05, 0) is 41.1 Å². The molecule has 1 N–H and O–H groups in total. The summed E-state index contributed by atoms with van der Waals surface area (Å²) in [6, 6.07) is 7.48. The van der Waals surface area contributed by atoms with Crippen LogP contribution < -0.4 is 4.72 Å². The standard InChI is InChI=1S/C13H9BrCl2FNO2S/c1-7-2-4-8(5-3-7)21(19,20)18-13-9(14)6-10(15)11(16)12(13)17/h2-6,18H,1H3. The van der Waals surface area contributed by atoms with E-state index in [0.717, 1.165) is 5.56 Å². The summed E-state index contributed by atoms with van der Waals surface area (Å²) >= 11 is 14.5. The highest BCUT2D eigenvalue weighted by Crippen LogP contribution is 2.37. The van der Waals surface area contributed by atoms with Crippen molar-refractivity contribution >= 4 is 54.8 Å². The van der Waals surface area contributed by atoms with E-state index in [-0.39, 0.29) is 25.1 Å². The first-order valence-electron chi connectivity index (χ1n) is 5.65. The number of rotatable bonds is 3. The Morgan fingerprint density at radius 2 is 1.76 bits per heavy atom. The summed E-state index contributed by atoms with van der Waals surface area (Å²) in [6.07, 6.45) is 0. The predicted molar refractivity (Wildman–Crippen MR) is 86.1 cm³/mol. The summed E-state index contributed by atoms with van der Waals surface area (Å²) in [6.45, 7) is 1.83. The van der Waals surface area contributed by atoms with Gasteiger partial charge in [-0.1, -0.05) is 40.9 Å². The fourth-order valence-corrected chi connectivity index (χ4v) is 3.76. The molecule has 0 unspecified atom stereocenters. The van der Waals surface area contributed by atoms with Crippen molar-refractivity contribution in [2.24, 2.45) is 0 Å². The molecule has 0 aliphatic carbocycles. The smallest absolute Gasteiger partial charge is 0.262 e. The molecule has 0 atom stereocenters. The van der Waals surface area contributed by atoms with Crippen LogP contribution in [-0.2, 0) is 10.0 Å². The van der Waals surface area contributed by atoms with Crippen LogP contribution in [0.25, 0.3) is 0 Å². The number of hydrogen-bond donors (Lipinski definition) is 1. The van der Waals surface area contributed by atoms with E-state index in [1.54, 1.807) is 12.1 Å². The Morgan fingerprint density at radius 3 is 2.33 bits per heavy atom. The third-order valence-electron chi connectivity index (χ3n) is 2.68. The molecule has 3 nitrogen and oxygen atoms in total. The van der Waals surface area contributed by atoms with Gasteiger partial charge in [0.05, 0.1) is 14.9 Å². The predicted octanol–water partition coefficient (Wildman–Crippen LogP) is 5.00. The second-order valence-corrected chi connectivity index (χ2v) is 7.58. The molecule has 0 bridgehead atoms. The highest BCUT2D eigenvalue weighted by atomic mass is 79.9. The van der Waals surface area contributed by atoms with Gasteiger partial charge in [-0.2, -0.15) is 0 Å². The number of aryl methyl sites for hydroxylation is 1. The van der Waals surface area contributed by atoms with Gasteiger partial charge in [-0.25, -0.2) is 12.8 Å². The van der Waals surface area contributed by atoms with Gasteiger partial charge >= 0.3 is 0 Å². The molecule has 0 radical (unpaired) electrons. The highest BCUT2D eigenvalue weighted by molar-refractivity contribution is 9.10. The summed E-state index contributed by atoms with van der Waals surface area (Å²) < 4.78 is 40.9. The molecule has 2 rings (SSSR count). The van der Waals surface area contributed by atoms with Crippen LogP contribution in [0.5, 0.6) is 0 Å². The van der Waals surface area contributed by atoms with E-state index in [0.29, 0.717) is 0 Å². The number of hydrogen-bond acceptors (Lipinski definition) is 2. The third-order valence-corrected chi connectivity index (χ3v) is 5.44. The normalized spacial score (nSPS) is 11.5. The van der Waals surface area contributed by atoms with E-state index < -0.39 is 15.8 Å². The minimum absolute atomic E-state index is 0.0145. The van der Waals surface area contributed by atoms with Crippen LogP contribution >= 0.6 is 39.1 Å². The van der Waals surface area contributed by atoms with Crippen molar-refractivity contribution < 1.29 is 12.8 Å². The van der Waals surface area contributed by atoms with Crippen LogP contribution in [0.1, 0.15) is 5.56 Å². The summed E-state index contributed by atoms with van der Waals surface area (Å²) in [4.78, 5) is 0.0190. The van der Waals surface area contributed by atoms with Gasteiger partial charge in [0.15, 0.2) is 5.82 Å². The summed E-state index contributed by atoms with van der Waals surface area (Å²) in [5.74, 6) is -0.938. The van der Waals surface area contributed by atoms with E-state index in [9.17, 15) is 12.8 Å². The molecule has 8 heteroatoms. The van der Waals surface area contributed by atoms with Crippen molar-refractivity contribution in [1.29, 1.82) is 0 Å². The Bertz CT molecular complexity index is 795. The molecule has 0 amide bonds. The second-order valence-electron chi connectivity index (χ2n) is 4.26. The Balaban J connectivity index is 2.47. The molecule has 0 saturated carbocycles. The molecular formula is C13H9BrCl2FNO2S. The van der Waals surface area contributed by atoms with Crippen LogP contribution in [0.3, 0.4) is 0 Å². The topological polar surface area (TPSA) is 46.2 Å². The van der Waals surface area contributed by atoms with Crippen LogP contribution in [0.15, 0.2) is 39.7 Å². The lowest BCUT2D eigenvalue weighted by Gasteiger charge is -2.12. The second kappa shape index (κ2) is 6.12. The number of anilines is 1. The average molecular weight is 413 g/mol. The van der Waals surface area contributed by atoms with Crippen LogP contribution in [-0.4, -0.2) is 8.42 Å². The molecule has 21 heavy (non-hydrogen) atoms. The first-order chi connectivity index (χ1) is 9.72. The van der Waals surface area contributed by atoms with E-state index in [4.69, 9.17) is 23.2 Å². The van der Waals surface area contributed by atoms with Gasteiger partial charge in [-0.3, -0.25) is 4.72 Å². The monoisotopic (exact) mass is 411 g/mol. The summed E-state index contributed by atoms with van der Waals surface area (Å²) in [5.41, 5.74) is 0.626. The number of nitrogens with one attached hydrogen (secondary N) is 1. The van der Waals surface area contributed by atoms with E-state index in [2.05, 4.69) is 20.7 Å². The van der Waals surface area contributed by atoms with Crippen LogP contribution in [0.4, 0.5) is 10.1 Å². The maximum Gasteiger partial charge on any atom is 0.262 e. The Kier molecular flexibility index (Phi) is 4.82. The SMILES string of the molecule is Cc1ccc(S(=O)(=O)Nc2c(Br)cc(Cl)c(Cl)c2F)cc1. The third kappa shape index (κ3) is 3.51. The van der Waals surface area contributed by atoms with Crippen molar-refractivity contribution in [3.8, 4) is 0 Å². The lowest BCUT2D eigenvalue weighted by atomic mass is 10.2. The largest absolute Gasteiger partial charge is 0.275 e. The highest BCUT2D eigenvalue weighted by Gasteiger charge is 2.21. The van der Waals surface area contributed by atoms with E-state index >= 15 is 0 Å². The lowest BCUT2D eigenvalue weighted by molar-refractivity contribution is 0.598. The van der Waals surface area contributed by atoms with Gasteiger partial charge in [0.25, 0.3) is 10.0 Å². The number of halogens is 4. The summed E-state index contributed by atoms with van der Waals surface area (Å²) in [7, 11) is -3.93. The average Bonchev–Trinajstić information content (AvgIpc) is 2.42. The van der Waals surface area contributed by atoms with E-state index in [1.165, 1.54) is 18.2 Å². The van der Waals surface area contributed by atoms with Gasteiger partial charge in [-0.15, -0.1) is 0 Å². The number of benzene rings is 2. The molecule has 0 saturated heterocycles. The van der Waals surface area contributed by atoms with Crippen molar-refractivity contribution in [1.82, 2.24) is 0 Å². The van der Waals surface area contributed by atoms with Crippen molar-refractivity contribution in [3.05, 3.63) is 56.2 Å². The summed E-state index contributed by atoms with van der Waals surface area (Å²) in [5, 5.41) is -0.360. The van der Waals surface area contributed by atoms with Gasteiger partial charge in [0, 0.05) is 4.47 Å². The lowest BCUT2D eigenvalue weighted by Crippen LogP contribution is -2.14. The fourth-order valence-electron chi connectivity index (χ4n) is 1.57. The Morgan fingerprint density at radius 1 is 1.19 bits per heavy atom. The molecule has 0 fully saturated rings. The zero-order valence-corrected chi connectivity index (χ0v) is 14.5. The molecule has 2 aromatic rings. The van der Waals surface area contributed by atoms with Gasteiger partial charge < -0.3 is 0 Å². The molecule has 0 aliphatic heterocycles. The molecule has 0 heterocycles. The molecule has 0 aromatic heterocycles. The molecule has 0 spiro atoms. The van der Waals surface area contributed by atoms with Crippen molar-refractivity contribution in [2.75, 3.05) is 4.72 Å². The van der Waals surface area contributed by atoms with E-state index in [1.807, 2.05) is 6.92 Å². The maximum atomic E-state index is 14.1. The zero-order valence-electron chi connectivity index (χ0n) is 10.6. The molecule has 2 aromatic carbocycles. The number of sulfonamides is 1. The first kappa shape index (κ1) is 16.5. The Hall–Kier alpha value is -0.820. The molecule has 112 valence electrons. The maximum absolute atomic E-state index is 14.1. The first-order valence-corrected chi connectivity index (χ1v) is 8.68. The molecular weight excluding hydrogens is 404 g/mol. The minimum Gasteiger partial charge on any atom is -0.275 e.